The first-order valence-corrected chi connectivity index (χ1v) is 11.8. The third kappa shape index (κ3) is 3.39. The van der Waals surface area contributed by atoms with E-state index < -0.39 is 0 Å². The number of hydrogen-bond acceptors (Lipinski definition) is 6. The molecular weight excluding hydrogens is 390 g/mol. The number of likely N-dealkylation sites (tertiary alicyclic amines) is 1. The Labute approximate surface area is 172 Å². The van der Waals surface area contributed by atoms with Gasteiger partial charge in [-0.3, -0.25) is 4.79 Å². The van der Waals surface area contributed by atoms with E-state index in [-0.39, 0.29) is 11.8 Å². The van der Waals surface area contributed by atoms with Gasteiger partial charge in [0.15, 0.2) is 0 Å². The van der Waals surface area contributed by atoms with Crippen molar-refractivity contribution in [1.29, 1.82) is 0 Å². The lowest BCUT2D eigenvalue weighted by Crippen LogP contribution is -2.40. The number of rotatable bonds is 3. The summed E-state index contributed by atoms with van der Waals surface area (Å²) in [6, 6.07) is 2.05. The van der Waals surface area contributed by atoms with Crippen LogP contribution in [0.5, 0.6) is 0 Å². The first-order valence-electron chi connectivity index (χ1n) is 9.99. The van der Waals surface area contributed by atoms with E-state index in [1.54, 1.807) is 22.7 Å². The van der Waals surface area contributed by atoms with Gasteiger partial charge in [-0.05, 0) is 37.1 Å². The van der Waals surface area contributed by atoms with E-state index in [9.17, 15) is 4.79 Å². The van der Waals surface area contributed by atoms with E-state index in [2.05, 4.69) is 25.1 Å². The summed E-state index contributed by atoms with van der Waals surface area (Å²) in [7, 11) is 0. The summed E-state index contributed by atoms with van der Waals surface area (Å²) in [6.07, 6.45) is 6.74. The molecular formula is C20H23N5OS2. The molecule has 1 amide bonds. The summed E-state index contributed by atoms with van der Waals surface area (Å²) in [5.41, 5.74) is 1.66. The van der Waals surface area contributed by atoms with Crippen LogP contribution in [0.1, 0.15) is 60.2 Å². The number of thiophene rings is 1. The highest BCUT2D eigenvalue weighted by Gasteiger charge is 2.30. The van der Waals surface area contributed by atoms with Crippen LogP contribution in [0.2, 0.25) is 0 Å². The van der Waals surface area contributed by atoms with Gasteiger partial charge in [0, 0.05) is 48.3 Å². The molecule has 28 heavy (non-hydrogen) atoms. The molecule has 0 spiro atoms. The highest BCUT2D eigenvalue weighted by Crippen LogP contribution is 2.30. The summed E-state index contributed by atoms with van der Waals surface area (Å²) >= 11 is 3.19. The predicted octanol–water partition coefficient (Wildman–Crippen LogP) is 4.21. The van der Waals surface area contributed by atoms with Crippen LogP contribution >= 0.6 is 22.7 Å². The van der Waals surface area contributed by atoms with E-state index in [0.29, 0.717) is 12.2 Å². The van der Waals surface area contributed by atoms with E-state index in [0.717, 1.165) is 54.6 Å². The van der Waals surface area contributed by atoms with E-state index in [1.807, 2.05) is 21.7 Å². The summed E-state index contributed by atoms with van der Waals surface area (Å²) in [5, 5.41) is 15.9. The van der Waals surface area contributed by atoms with E-state index in [4.69, 9.17) is 0 Å². The molecule has 5 rings (SSSR count). The molecule has 1 atom stereocenters. The lowest BCUT2D eigenvalue weighted by Gasteiger charge is -2.32. The van der Waals surface area contributed by atoms with Gasteiger partial charge in [0.25, 0.3) is 5.91 Å². The second kappa shape index (κ2) is 7.75. The standard InChI is InChI=1S/C20H23N5OS2/c26-20(16-13-28-19(21-16)15-7-10-27-12-15)24-8-4-5-14(11-24)18-23-22-17-6-2-1-3-9-25(17)18/h7,10,12-14H,1-6,8-9,11H2/t14-/m0/s1. The van der Waals surface area contributed by atoms with Crippen molar-refractivity contribution in [2.24, 2.45) is 0 Å². The summed E-state index contributed by atoms with van der Waals surface area (Å²) in [4.78, 5) is 19.6. The van der Waals surface area contributed by atoms with Crippen molar-refractivity contribution in [3.63, 3.8) is 0 Å². The summed E-state index contributed by atoms with van der Waals surface area (Å²) < 4.78 is 2.32. The summed E-state index contributed by atoms with van der Waals surface area (Å²) in [6.45, 7) is 2.52. The molecule has 0 N–H and O–H groups in total. The molecule has 0 saturated carbocycles. The molecule has 3 aromatic heterocycles. The molecule has 0 radical (unpaired) electrons. The SMILES string of the molecule is O=C(c1csc(-c2ccsc2)n1)N1CCC[C@H](c2nnc3n2CCCCC3)C1. The molecule has 146 valence electrons. The van der Waals surface area contributed by atoms with Gasteiger partial charge < -0.3 is 9.47 Å². The average molecular weight is 414 g/mol. The van der Waals surface area contributed by atoms with Crippen molar-refractivity contribution >= 4 is 28.6 Å². The Balaban J connectivity index is 1.33. The van der Waals surface area contributed by atoms with Gasteiger partial charge in [-0.25, -0.2) is 4.98 Å². The highest BCUT2D eigenvalue weighted by atomic mass is 32.1. The maximum atomic E-state index is 13.1. The quantitative estimate of drug-likeness (QED) is 0.645. The van der Waals surface area contributed by atoms with Crippen molar-refractivity contribution in [2.45, 2.75) is 51.0 Å². The number of carbonyl (C=O) groups is 1. The van der Waals surface area contributed by atoms with Gasteiger partial charge in [0.1, 0.15) is 22.4 Å². The normalized spacial score (nSPS) is 20.0. The third-order valence-corrected chi connectivity index (χ3v) is 7.28. The van der Waals surface area contributed by atoms with Crippen LogP contribution < -0.4 is 0 Å². The van der Waals surface area contributed by atoms with E-state index in [1.165, 1.54) is 19.3 Å². The van der Waals surface area contributed by atoms with Crippen molar-refractivity contribution in [3.8, 4) is 10.6 Å². The molecule has 1 fully saturated rings. The maximum Gasteiger partial charge on any atom is 0.273 e. The van der Waals surface area contributed by atoms with Crippen molar-refractivity contribution in [3.05, 3.63) is 39.5 Å². The molecule has 2 aliphatic heterocycles. The van der Waals surface area contributed by atoms with Crippen molar-refractivity contribution < 1.29 is 4.79 Å². The summed E-state index contributed by atoms with van der Waals surface area (Å²) in [5.74, 6) is 2.51. The lowest BCUT2D eigenvalue weighted by atomic mass is 9.96. The van der Waals surface area contributed by atoms with Gasteiger partial charge in [-0.1, -0.05) is 6.42 Å². The van der Waals surface area contributed by atoms with Crippen LogP contribution in [0.4, 0.5) is 0 Å². The number of aryl methyl sites for hydroxylation is 1. The Morgan fingerprint density at radius 2 is 2.07 bits per heavy atom. The minimum absolute atomic E-state index is 0.0398. The van der Waals surface area contributed by atoms with E-state index >= 15 is 0 Å². The second-order valence-electron chi connectivity index (χ2n) is 7.58. The molecule has 8 heteroatoms. The minimum atomic E-state index is 0.0398. The van der Waals surface area contributed by atoms with Gasteiger partial charge in [0.05, 0.1) is 0 Å². The Bertz CT molecular complexity index is 961. The lowest BCUT2D eigenvalue weighted by molar-refractivity contribution is 0.0698. The molecule has 2 aliphatic rings. The molecule has 5 heterocycles. The zero-order chi connectivity index (χ0) is 18.9. The number of fused-ring (bicyclic) bond motifs is 1. The fourth-order valence-corrected chi connectivity index (χ4v) is 5.74. The Hall–Kier alpha value is -2.06. The topological polar surface area (TPSA) is 63.9 Å². The number of amides is 1. The molecule has 6 nitrogen and oxygen atoms in total. The molecule has 0 aromatic carbocycles. The number of hydrogen-bond donors (Lipinski definition) is 0. The van der Waals surface area contributed by atoms with Crippen LogP contribution in [0.25, 0.3) is 10.6 Å². The zero-order valence-electron chi connectivity index (χ0n) is 15.7. The first kappa shape index (κ1) is 18.0. The van der Waals surface area contributed by atoms with Crippen LogP contribution in [0.15, 0.2) is 22.2 Å². The van der Waals surface area contributed by atoms with Crippen LogP contribution in [0, 0.1) is 0 Å². The van der Waals surface area contributed by atoms with Gasteiger partial charge in [-0.15, -0.1) is 21.5 Å². The Morgan fingerprint density at radius 1 is 1.11 bits per heavy atom. The monoisotopic (exact) mass is 413 g/mol. The number of thiazole rings is 1. The first-order chi connectivity index (χ1) is 13.8. The minimum Gasteiger partial charge on any atom is -0.337 e. The molecule has 0 bridgehead atoms. The molecule has 0 aliphatic carbocycles. The molecule has 0 unspecified atom stereocenters. The number of aromatic nitrogens is 4. The van der Waals surface area contributed by atoms with Crippen LogP contribution in [-0.4, -0.2) is 43.6 Å². The third-order valence-electron chi connectivity index (χ3n) is 5.70. The highest BCUT2D eigenvalue weighted by molar-refractivity contribution is 7.14. The van der Waals surface area contributed by atoms with Crippen LogP contribution in [0.3, 0.4) is 0 Å². The van der Waals surface area contributed by atoms with Gasteiger partial charge in [0.2, 0.25) is 0 Å². The smallest absolute Gasteiger partial charge is 0.273 e. The maximum absolute atomic E-state index is 13.1. The zero-order valence-corrected chi connectivity index (χ0v) is 17.3. The Kier molecular flexibility index (Phi) is 4.98. The average Bonchev–Trinajstić information content (AvgIpc) is 3.46. The molecule has 1 saturated heterocycles. The fraction of sp³-hybridized carbons (Fsp3) is 0.500. The fourth-order valence-electron chi connectivity index (χ4n) is 4.23. The largest absolute Gasteiger partial charge is 0.337 e. The van der Waals surface area contributed by atoms with Crippen molar-refractivity contribution in [2.75, 3.05) is 13.1 Å². The second-order valence-corrected chi connectivity index (χ2v) is 9.22. The number of piperidine rings is 1. The number of nitrogens with zero attached hydrogens (tertiary/aromatic N) is 5. The van der Waals surface area contributed by atoms with Gasteiger partial charge >= 0.3 is 0 Å². The van der Waals surface area contributed by atoms with Gasteiger partial charge in [-0.2, -0.15) is 11.3 Å². The van der Waals surface area contributed by atoms with Crippen LogP contribution in [-0.2, 0) is 13.0 Å². The van der Waals surface area contributed by atoms with Crippen molar-refractivity contribution in [1.82, 2.24) is 24.6 Å². The predicted molar refractivity (Wildman–Crippen MR) is 111 cm³/mol. The number of carbonyl (C=O) groups excluding carboxylic acids is 1. The molecule has 3 aromatic rings. The Morgan fingerprint density at radius 3 is 2.96 bits per heavy atom.